The number of carboxylic acid groups (broad SMARTS) is 2. The lowest BCUT2D eigenvalue weighted by Crippen LogP contribution is -2.44. The topological polar surface area (TPSA) is 142 Å². The molecule has 5 rings (SSSR count). The van der Waals surface area contributed by atoms with Crippen LogP contribution in [0.3, 0.4) is 0 Å². The zero-order valence-electron chi connectivity index (χ0n) is 22.6. The Bertz CT molecular complexity index is 1610. The van der Waals surface area contributed by atoms with Crippen LogP contribution in [-0.2, 0) is 4.79 Å². The monoisotopic (exact) mass is 609 g/mol. The van der Waals surface area contributed by atoms with Crippen LogP contribution in [0.4, 0.5) is 16.2 Å². The molecule has 12 heteroatoms. The number of hydrogen-bond acceptors (Lipinski definition) is 7. The van der Waals surface area contributed by atoms with Gasteiger partial charge in [0, 0.05) is 17.3 Å². The number of aromatic nitrogens is 1. The first-order chi connectivity index (χ1) is 20.2. The molecule has 0 aliphatic heterocycles. The van der Waals surface area contributed by atoms with E-state index in [1.807, 2.05) is 36.4 Å². The van der Waals surface area contributed by atoms with Crippen LogP contribution in [0.25, 0.3) is 21.8 Å². The van der Waals surface area contributed by atoms with Crippen molar-refractivity contribution in [3.63, 3.8) is 0 Å². The third-order valence-corrected chi connectivity index (χ3v) is 8.70. The number of amides is 2. The summed E-state index contributed by atoms with van der Waals surface area (Å²) in [5, 5.41) is 25.8. The minimum absolute atomic E-state index is 0.00272. The molecule has 1 fully saturated rings. The number of aryl methyl sites for hydroxylation is 1. The fraction of sp³-hybridized carbons (Fsp3) is 0.267. The van der Waals surface area contributed by atoms with E-state index in [-0.39, 0.29) is 27.7 Å². The molecular formula is C30H28ClN3O7S. The van der Waals surface area contributed by atoms with Gasteiger partial charge in [-0.15, -0.1) is 11.3 Å². The van der Waals surface area contributed by atoms with Crippen molar-refractivity contribution < 1.29 is 33.9 Å². The first-order valence-electron chi connectivity index (χ1n) is 13.4. The summed E-state index contributed by atoms with van der Waals surface area (Å²) in [6.45, 7) is 1.03. The van der Waals surface area contributed by atoms with Crippen molar-refractivity contribution in [3.8, 4) is 27.5 Å². The van der Waals surface area contributed by atoms with E-state index in [2.05, 4.69) is 10.5 Å². The lowest BCUT2D eigenvalue weighted by Gasteiger charge is -2.34. The van der Waals surface area contributed by atoms with Crippen LogP contribution in [0.2, 0.25) is 5.02 Å². The summed E-state index contributed by atoms with van der Waals surface area (Å²) in [6, 6.07) is 16.1. The number of anilines is 2. The summed E-state index contributed by atoms with van der Waals surface area (Å²) < 4.78 is 10.8. The van der Waals surface area contributed by atoms with Crippen LogP contribution in [0.5, 0.6) is 5.75 Å². The maximum Gasteiger partial charge on any atom is 0.349 e. The summed E-state index contributed by atoms with van der Waals surface area (Å²) in [5.74, 6) is -2.29. The molecule has 0 bridgehead atoms. The minimum atomic E-state index is -1.29. The molecule has 2 heterocycles. The van der Waals surface area contributed by atoms with Gasteiger partial charge in [0.2, 0.25) is 0 Å². The van der Waals surface area contributed by atoms with Crippen LogP contribution >= 0.6 is 22.9 Å². The summed E-state index contributed by atoms with van der Waals surface area (Å²) >= 11 is 7.42. The smallest absolute Gasteiger partial charge is 0.349 e. The van der Waals surface area contributed by atoms with Gasteiger partial charge in [0.1, 0.15) is 16.4 Å². The van der Waals surface area contributed by atoms with Gasteiger partial charge in [0.05, 0.1) is 4.88 Å². The number of carboxylic acids is 2. The maximum atomic E-state index is 14.0. The average Bonchev–Trinajstić information content (AvgIpc) is 3.52. The molecule has 1 aliphatic rings. The molecule has 1 saturated carbocycles. The van der Waals surface area contributed by atoms with Gasteiger partial charge in [-0.2, -0.15) is 0 Å². The summed E-state index contributed by atoms with van der Waals surface area (Å²) in [6.07, 6.45) is 4.71. The van der Waals surface area contributed by atoms with Crippen molar-refractivity contribution in [2.75, 3.05) is 16.8 Å². The Morgan fingerprint density at radius 3 is 2.48 bits per heavy atom. The van der Waals surface area contributed by atoms with Gasteiger partial charge in [-0.3, -0.25) is 4.90 Å². The molecule has 4 aromatic rings. The number of carbonyl (C=O) groups excluding carboxylic acids is 1. The van der Waals surface area contributed by atoms with E-state index >= 15 is 0 Å². The normalized spacial score (nSPS) is 13.5. The number of hydrogen-bond donors (Lipinski definition) is 3. The van der Waals surface area contributed by atoms with Crippen molar-refractivity contribution in [1.82, 2.24) is 5.16 Å². The van der Waals surface area contributed by atoms with Crippen molar-refractivity contribution in [2.45, 2.75) is 45.1 Å². The molecule has 0 spiro atoms. The number of aliphatic carboxylic acids is 1. The number of aromatic carboxylic acids is 1. The number of halogens is 1. The second kappa shape index (κ2) is 12.7. The van der Waals surface area contributed by atoms with E-state index in [1.54, 1.807) is 30.0 Å². The Morgan fingerprint density at radius 2 is 1.79 bits per heavy atom. The molecule has 218 valence electrons. The van der Waals surface area contributed by atoms with Crippen LogP contribution in [0, 0.1) is 6.92 Å². The lowest BCUT2D eigenvalue weighted by molar-refractivity contribution is -0.139. The van der Waals surface area contributed by atoms with E-state index in [0.717, 1.165) is 49.0 Å². The van der Waals surface area contributed by atoms with Crippen LogP contribution < -0.4 is 15.0 Å². The van der Waals surface area contributed by atoms with Gasteiger partial charge < -0.3 is 24.8 Å². The SMILES string of the molecule is Cc1noc(-c2ccccc2)c1NC(=O)N(c1cccc(-c2sc(C(=O)O)c(OCC(=O)O)c2Cl)c1)C1CCCCC1. The van der Waals surface area contributed by atoms with E-state index in [4.69, 9.17) is 26.0 Å². The lowest BCUT2D eigenvalue weighted by atomic mass is 9.93. The Kier molecular flexibility index (Phi) is 8.79. The third-order valence-electron chi connectivity index (χ3n) is 7.02. The number of rotatable bonds is 9. The van der Waals surface area contributed by atoms with Crippen molar-refractivity contribution in [3.05, 3.63) is 70.2 Å². The predicted octanol–water partition coefficient (Wildman–Crippen LogP) is 7.56. The second-order valence-electron chi connectivity index (χ2n) is 9.87. The first-order valence-corrected chi connectivity index (χ1v) is 14.6. The molecule has 1 aliphatic carbocycles. The van der Waals surface area contributed by atoms with Crippen LogP contribution in [0.1, 0.15) is 47.5 Å². The summed E-state index contributed by atoms with van der Waals surface area (Å²) in [7, 11) is 0. The van der Waals surface area contributed by atoms with Gasteiger partial charge in [-0.05, 0) is 37.5 Å². The molecule has 0 saturated heterocycles. The third kappa shape index (κ3) is 6.12. The number of ether oxygens (including phenoxy) is 1. The first kappa shape index (κ1) is 29.2. The van der Waals surface area contributed by atoms with E-state index < -0.39 is 18.5 Å². The zero-order valence-corrected chi connectivity index (χ0v) is 24.2. The van der Waals surface area contributed by atoms with E-state index in [1.165, 1.54) is 0 Å². The molecule has 2 aromatic heterocycles. The summed E-state index contributed by atoms with van der Waals surface area (Å²) in [5.41, 5.74) is 2.97. The Hall–Kier alpha value is -4.35. The van der Waals surface area contributed by atoms with Crippen molar-refractivity contribution in [2.24, 2.45) is 0 Å². The number of benzene rings is 2. The molecule has 3 N–H and O–H groups in total. The zero-order chi connectivity index (χ0) is 29.8. The minimum Gasteiger partial charge on any atom is -0.479 e. The second-order valence-corrected chi connectivity index (χ2v) is 11.3. The Balaban J connectivity index is 1.52. The molecule has 0 radical (unpaired) electrons. The average molecular weight is 610 g/mol. The van der Waals surface area contributed by atoms with Crippen LogP contribution in [-0.4, -0.2) is 46.0 Å². The van der Waals surface area contributed by atoms with Crippen molar-refractivity contribution in [1.29, 1.82) is 0 Å². The van der Waals surface area contributed by atoms with Crippen LogP contribution in [0.15, 0.2) is 59.1 Å². The van der Waals surface area contributed by atoms with Gasteiger partial charge in [0.25, 0.3) is 0 Å². The molecular weight excluding hydrogens is 582 g/mol. The molecule has 2 amide bonds. The highest BCUT2D eigenvalue weighted by Crippen LogP contribution is 2.46. The van der Waals surface area contributed by atoms with E-state index in [0.29, 0.717) is 33.3 Å². The maximum absolute atomic E-state index is 14.0. The summed E-state index contributed by atoms with van der Waals surface area (Å²) in [4.78, 5) is 38.9. The van der Waals surface area contributed by atoms with Gasteiger partial charge >= 0.3 is 18.0 Å². The molecule has 2 aromatic carbocycles. The highest BCUT2D eigenvalue weighted by Gasteiger charge is 2.30. The number of urea groups is 1. The highest BCUT2D eigenvalue weighted by atomic mass is 35.5. The van der Waals surface area contributed by atoms with E-state index in [9.17, 15) is 19.5 Å². The molecule has 0 atom stereocenters. The van der Waals surface area contributed by atoms with Crippen molar-refractivity contribution >= 4 is 52.3 Å². The van der Waals surface area contributed by atoms with Gasteiger partial charge in [0.15, 0.2) is 23.0 Å². The highest BCUT2D eigenvalue weighted by molar-refractivity contribution is 7.18. The Labute approximate surface area is 250 Å². The van der Waals surface area contributed by atoms with Gasteiger partial charge in [-0.25, -0.2) is 14.4 Å². The Morgan fingerprint density at radius 1 is 1.07 bits per heavy atom. The fourth-order valence-corrected chi connectivity index (χ4v) is 6.49. The number of carbonyl (C=O) groups is 3. The number of thiophene rings is 1. The number of nitrogens with one attached hydrogen (secondary N) is 1. The standard InChI is InChI=1S/C30H28ClN3O7S/c1-17-24(25(41-33-17)18-9-4-2-5-10-18)32-30(39)34(20-12-6-3-7-13-20)21-14-8-11-19(15-21)27-23(31)26(40-16-22(35)36)28(42-27)29(37)38/h2,4-5,8-11,14-15,20H,3,6-7,12-13,16H2,1H3,(H,32,39)(H,35,36)(H,37,38). The fourth-order valence-electron chi connectivity index (χ4n) is 5.09. The quantitative estimate of drug-likeness (QED) is 0.176. The molecule has 42 heavy (non-hydrogen) atoms. The molecule has 10 nitrogen and oxygen atoms in total. The predicted molar refractivity (Wildman–Crippen MR) is 160 cm³/mol. The molecule has 0 unspecified atom stereocenters. The van der Waals surface area contributed by atoms with Gasteiger partial charge in [-0.1, -0.05) is 78.5 Å². The number of nitrogens with zero attached hydrogens (tertiary/aromatic N) is 2. The largest absolute Gasteiger partial charge is 0.479 e.